The Labute approximate surface area is 200 Å². The number of thiophene rings is 1. The summed E-state index contributed by atoms with van der Waals surface area (Å²) in [4.78, 5) is 9.53. The van der Waals surface area contributed by atoms with Gasteiger partial charge in [-0.3, -0.25) is 4.99 Å². The zero-order valence-electron chi connectivity index (χ0n) is 17.4. The van der Waals surface area contributed by atoms with E-state index in [-0.39, 0.29) is 35.4 Å². The molecule has 1 saturated heterocycles. The highest BCUT2D eigenvalue weighted by Gasteiger charge is 2.20. The van der Waals surface area contributed by atoms with Gasteiger partial charge in [0.1, 0.15) is 0 Å². The van der Waals surface area contributed by atoms with Crippen LogP contribution in [-0.2, 0) is 10.0 Å². The SMILES string of the molecule is CCNC(=NCCNS(=O)(=O)c1ccc(C)cc1)N1CCN(c2cccs2)CC1.I. The molecule has 0 spiro atoms. The van der Waals surface area contributed by atoms with E-state index < -0.39 is 10.0 Å². The van der Waals surface area contributed by atoms with Gasteiger partial charge in [0.15, 0.2) is 5.96 Å². The third-order valence-electron chi connectivity index (χ3n) is 4.73. The van der Waals surface area contributed by atoms with E-state index >= 15 is 0 Å². The molecular weight excluding hydrogens is 533 g/mol. The molecular formula is C20H30IN5O2S2. The molecule has 0 bridgehead atoms. The molecule has 1 aromatic heterocycles. The van der Waals surface area contributed by atoms with Gasteiger partial charge in [-0.15, -0.1) is 35.3 Å². The second-order valence-electron chi connectivity index (χ2n) is 6.87. The monoisotopic (exact) mass is 563 g/mol. The number of hydrogen-bond acceptors (Lipinski definition) is 5. The lowest BCUT2D eigenvalue weighted by Gasteiger charge is -2.37. The Kier molecular flexibility index (Phi) is 9.85. The minimum Gasteiger partial charge on any atom is -0.360 e. The number of nitrogens with one attached hydrogen (secondary N) is 2. The van der Waals surface area contributed by atoms with Crippen molar-refractivity contribution < 1.29 is 8.42 Å². The van der Waals surface area contributed by atoms with Crippen molar-refractivity contribution >= 4 is 56.3 Å². The molecule has 0 amide bonds. The molecule has 2 N–H and O–H groups in total. The Morgan fingerprint density at radius 2 is 1.83 bits per heavy atom. The maximum atomic E-state index is 12.4. The van der Waals surface area contributed by atoms with Crippen LogP contribution in [0.4, 0.5) is 5.00 Å². The highest BCUT2D eigenvalue weighted by molar-refractivity contribution is 14.0. The molecule has 0 aliphatic carbocycles. The van der Waals surface area contributed by atoms with Gasteiger partial charge in [0.25, 0.3) is 0 Å². The Morgan fingerprint density at radius 1 is 1.13 bits per heavy atom. The van der Waals surface area contributed by atoms with E-state index in [0.29, 0.717) is 6.54 Å². The van der Waals surface area contributed by atoms with E-state index in [4.69, 9.17) is 0 Å². The van der Waals surface area contributed by atoms with E-state index in [1.54, 1.807) is 35.6 Å². The second kappa shape index (κ2) is 11.9. The van der Waals surface area contributed by atoms with Gasteiger partial charge >= 0.3 is 0 Å². The number of anilines is 1. The molecule has 1 aromatic carbocycles. The largest absolute Gasteiger partial charge is 0.360 e. The number of hydrogen-bond donors (Lipinski definition) is 2. The minimum atomic E-state index is -3.50. The Morgan fingerprint density at radius 3 is 2.43 bits per heavy atom. The number of aliphatic imine (C=N–C) groups is 1. The van der Waals surface area contributed by atoms with Crippen LogP contribution in [0.5, 0.6) is 0 Å². The first-order chi connectivity index (χ1) is 14.0. The number of halogens is 1. The number of benzene rings is 1. The van der Waals surface area contributed by atoms with Gasteiger partial charge in [0.2, 0.25) is 10.0 Å². The molecule has 0 radical (unpaired) electrons. The number of rotatable bonds is 7. The van der Waals surface area contributed by atoms with Gasteiger partial charge in [-0.05, 0) is 43.5 Å². The third kappa shape index (κ3) is 6.82. The van der Waals surface area contributed by atoms with E-state index in [2.05, 4.69) is 42.3 Å². The fourth-order valence-corrected chi connectivity index (χ4v) is 4.96. The van der Waals surface area contributed by atoms with Gasteiger partial charge in [-0.1, -0.05) is 17.7 Å². The molecule has 7 nitrogen and oxygen atoms in total. The fourth-order valence-electron chi connectivity index (χ4n) is 3.16. The summed E-state index contributed by atoms with van der Waals surface area (Å²) in [6.07, 6.45) is 0. The van der Waals surface area contributed by atoms with Gasteiger partial charge in [0, 0.05) is 39.3 Å². The van der Waals surface area contributed by atoms with Crippen molar-refractivity contribution in [3.63, 3.8) is 0 Å². The summed E-state index contributed by atoms with van der Waals surface area (Å²) in [6.45, 7) is 9.07. The van der Waals surface area contributed by atoms with Crippen LogP contribution in [0, 0.1) is 6.92 Å². The molecule has 2 aromatic rings. The second-order valence-corrected chi connectivity index (χ2v) is 9.56. The zero-order chi connectivity index (χ0) is 20.7. The quantitative estimate of drug-likeness (QED) is 0.235. The molecule has 0 atom stereocenters. The summed E-state index contributed by atoms with van der Waals surface area (Å²) in [7, 11) is -3.50. The van der Waals surface area contributed by atoms with Gasteiger partial charge in [-0.2, -0.15) is 0 Å². The standard InChI is InChI=1S/C20H29N5O2S2.HI/c1-3-21-20(25-14-12-24(13-15-25)19-5-4-16-28-19)22-10-11-23-29(26,27)18-8-6-17(2)7-9-18;/h4-9,16,23H,3,10-15H2,1-2H3,(H,21,22);1H. The minimum absolute atomic E-state index is 0. The molecule has 10 heteroatoms. The first-order valence-corrected chi connectivity index (χ1v) is 12.2. The van der Waals surface area contributed by atoms with Gasteiger partial charge in [0.05, 0.1) is 16.4 Å². The van der Waals surface area contributed by atoms with Crippen molar-refractivity contribution in [3.05, 3.63) is 47.3 Å². The van der Waals surface area contributed by atoms with Crippen molar-refractivity contribution in [3.8, 4) is 0 Å². The lowest BCUT2D eigenvalue weighted by molar-refractivity contribution is 0.373. The fraction of sp³-hybridized carbons (Fsp3) is 0.450. The average Bonchev–Trinajstić information content (AvgIpc) is 3.26. The Hall–Kier alpha value is -1.37. The number of sulfonamides is 1. The van der Waals surface area contributed by atoms with Crippen molar-refractivity contribution in [1.82, 2.24) is 14.9 Å². The van der Waals surface area contributed by atoms with Crippen molar-refractivity contribution in [2.45, 2.75) is 18.7 Å². The first-order valence-electron chi connectivity index (χ1n) is 9.87. The highest BCUT2D eigenvalue weighted by atomic mass is 127. The first kappa shape index (κ1) is 24.9. The normalized spacial score (nSPS) is 15.1. The molecule has 166 valence electrons. The van der Waals surface area contributed by atoms with Crippen LogP contribution in [0.2, 0.25) is 0 Å². The molecule has 1 aliphatic rings. The Balaban J connectivity index is 0.00000320. The van der Waals surface area contributed by atoms with Crippen LogP contribution in [0.25, 0.3) is 0 Å². The lowest BCUT2D eigenvalue weighted by Crippen LogP contribution is -2.52. The predicted molar refractivity (Wildman–Crippen MR) is 136 cm³/mol. The van der Waals surface area contributed by atoms with Crippen LogP contribution < -0.4 is 14.9 Å². The van der Waals surface area contributed by atoms with Gasteiger partial charge in [-0.25, -0.2) is 13.1 Å². The van der Waals surface area contributed by atoms with Crippen LogP contribution in [0.3, 0.4) is 0 Å². The third-order valence-corrected chi connectivity index (χ3v) is 7.13. The van der Waals surface area contributed by atoms with E-state index in [9.17, 15) is 8.42 Å². The number of guanidine groups is 1. The summed E-state index contributed by atoms with van der Waals surface area (Å²) in [5.41, 5.74) is 1.03. The van der Waals surface area contributed by atoms with Crippen molar-refractivity contribution in [2.75, 3.05) is 50.7 Å². The average molecular weight is 564 g/mol. The number of piperazine rings is 1. The molecule has 2 heterocycles. The topological polar surface area (TPSA) is 77.0 Å². The highest BCUT2D eigenvalue weighted by Crippen LogP contribution is 2.22. The van der Waals surface area contributed by atoms with Gasteiger partial charge < -0.3 is 15.1 Å². The summed E-state index contributed by atoms with van der Waals surface area (Å²) in [6, 6.07) is 11.1. The van der Waals surface area contributed by atoms with Crippen LogP contribution in [-0.4, -0.2) is 65.1 Å². The van der Waals surface area contributed by atoms with Crippen LogP contribution in [0.1, 0.15) is 12.5 Å². The predicted octanol–water partition coefficient (Wildman–Crippen LogP) is 2.74. The van der Waals surface area contributed by atoms with E-state index in [0.717, 1.165) is 44.2 Å². The van der Waals surface area contributed by atoms with Crippen molar-refractivity contribution in [1.29, 1.82) is 0 Å². The molecule has 0 unspecified atom stereocenters. The zero-order valence-corrected chi connectivity index (χ0v) is 21.3. The van der Waals surface area contributed by atoms with Crippen molar-refractivity contribution in [2.24, 2.45) is 4.99 Å². The maximum absolute atomic E-state index is 12.4. The summed E-state index contributed by atoms with van der Waals surface area (Å²) < 4.78 is 27.4. The summed E-state index contributed by atoms with van der Waals surface area (Å²) in [5.74, 6) is 0.841. The van der Waals surface area contributed by atoms with Crippen LogP contribution in [0.15, 0.2) is 51.7 Å². The van der Waals surface area contributed by atoms with E-state index in [1.807, 2.05) is 13.8 Å². The summed E-state index contributed by atoms with van der Waals surface area (Å²) >= 11 is 1.76. The lowest BCUT2D eigenvalue weighted by atomic mass is 10.2. The molecule has 30 heavy (non-hydrogen) atoms. The molecule has 1 fully saturated rings. The molecule has 3 rings (SSSR count). The molecule has 0 saturated carbocycles. The Bertz CT molecular complexity index is 894. The smallest absolute Gasteiger partial charge is 0.240 e. The maximum Gasteiger partial charge on any atom is 0.240 e. The number of nitrogens with zero attached hydrogens (tertiary/aromatic N) is 3. The summed E-state index contributed by atoms with van der Waals surface area (Å²) in [5, 5.41) is 6.73. The van der Waals surface area contributed by atoms with E-state index in [1.165, 1.54) is 5.00 Å². The molecule has 1 aliphatic heterocycles. The number of aryl methyl sites for hydroxylation is 1. The van der Waals surface area contributed by atoms with Crippen LogP contribution >= 0.6 is 35.3 Å².